The molecule has 2 aliphatic carbocycles. The number of carboxylic acids is 1. The van der Waals surface area contributed by atoms with Gasteiger partial charge >= 0.3 is 12.1 Å². The summed E-state index contributed by atoms with van der Waals surface area (Å²) in [6, 6.07) is 0. The highest BCUT2D eigenvalue weighted by Crippen LogP contribution is 2.62. The van der Waals surface area contributed by atoms with Crippen LogP contribution < -0.4 is 5.32 Å². The zero-order chi connectivity index (χ0) is 14.5. The zero-order valence-electron chi connectivity index (χ0n) is 11.5. The average molecular weight is 271 g/mol. The third kappa shape index (κ3) is 1.98. The molecule has 2 atom stereocenters. The molecule has 0 radical (unpaired) electrons. The molecule has 19 heavy (non-hydrogen) atoms. The van der Waals surface area contributed by atoms with E-state index >= 15 is 0 Å². The summed E-state index contributed by atoms with van der Waals surface area (Å²) in [6.07, 6.45) is 0.760. The van der Waals surface area contributed by atoms with Gasteiger partial charge in [-0.25, -0.2) is 9.59 Å². The molecule has 0 aromatic carbocycles. The molecule has 2 rings (SSSR count). The first-order valence-corrected chi connectivity index (χ1v) is 6.56. The molecular weight excluding hydrogens is 250 g/mol. The van der Waals surface area contributed by atoms with Crippen molar-refractivity contribution in [2.45, 2.75) is 63.7 Å². The predicted octanol–water partition coefficient (Wildman–Crippen LogP) is 1.27. The summed E-state index contributed by atoms with van der Waals surface area (Å²) in [4.78, 5) is 23.4. The van der Waals surface area contributed by atoms with Crippen LogP contribution >= 0.6 is 0 Å². The molecule has 1 amide bonds. The number of aliphatic carboxylic acids is 1. The van der Waals surface area contributed by atoms with E-state index in [-0.39, 0.29) is 6.42 Å². The number of ether oxygens (including phenoxy) is 1. The molecule has 0 aromatic heterocycles. The van der Waals surface area contributed by atoms with Crippen molar-refractivity contribution in [1.82, 2.24) is 5.32 Å². The van der Waals surface area contributed by atoms with Crippen LogP contribution in [0.25, 0.3) is 0 Å². The van der Waals surface area contributed by atoms with Crippen molar-refractivity contribution in [3.63, 3.8) is 0 Å². The van der Waals surface area contributed by atoms with Crippen LogP contribution in [0.15, 0.2) is 0 Å². The minimum Gasteiger partial charge on any atom is -0.479 e. The Labute approximate surface area is 112 Å². The number of amides is 1. The maximum Gasteiger partial charge on any atom is 0.408 e. The van der Waals surface area contributed by atoms with Crippen LogP contribution in [0.4, 0.5) is 4.79 Å². The number of aliphatic hydroxyl groups is 1. The molecule has 2 saturated carbocycles. The number of carboxylic acid groups (broad SMARTS) is 1. The van der Waals surface area contributed by atoms with Crippen molar-refractivity contribution in [2.75, 3.05) is 0 Å². The highest BCUT2D eigenvalue weighted by atomic mass is 16.6. The van der Waals surface area contributed by atoms with Gasteiger partial charge in [-0.15, -0.1) is 0 Å². The van der Waals surface area contributed by atoms with Gasteiger partial charge in [-0.2, -0.15) is 0 Å². The lowest BCUT2D eigenvalue weighted by Gasteiger charge is -2.64. The molecule has 6 nitrogen and oxygen atoms in total. The van der Waals surface area contributed by atoms with E-state index in [0.717, 1.165) is 6.42 Å². The van der Waals surface area contributed by atoms with E-state index in [4.69, 9.17) is 4.74 Å². The van der Waals surface area contributed by atoms with Gasteiger partial charge in [-0.1, -0.05) is 6.42 Å². The number of carbonyl (C=O) groups is 2. The molecule has 0 saturated heterocycles. The van der Waals surface area contributed by atoms with E-state index in [9.17, 15) is 19.8 Å². The Morgan fingerprint density at radius 3 is 2.21 bits per heavy atom. The fraction of sp³-hybridized carbons (Fsp3) is 0.846. The SMILES string of the molecule is CC(C)(C)OC(=O)N[C@]1(C(=O)O)C[C@H](O)C12CCC2. The normalized spacial score (nSPS) is 32.1. The number of alkyl carbamates (subject to hydrolysis) is 1. The van der Waals surface area contributed by atoms with Gasteiger partial charge in [0.25, 0.3) is 0 Å². The largest absolute Gasteiger partial charge is 0.479 e. The number of hydrogen-bond donors (Lipinski definition) is 3. The first-order chi connectivity index (χ1) is 8.63. The van der Waals surface area contributed by atoms with Gasteiger partial charge in [0.15, 0.2) is 5.54 Å². The lowest BCUT2D eigenvalue weighted by atomic mass is 9.43. The highest BCUT2D eigenvalue weighted by Gasteiger charge is 2.72. The highest BCUT2D eigenvalue weighted by molar-refractivity contribution is 5.87. The van der Waals surface area contributed by atoms with E-state index in [1.54, 1.807) is 20.8 Å². The number of aliphatic hydroxyl groups excluding tert-OH is 1. The summed E-state index contributed by atoms with van der Waals surface area (Å²) in [5, 5.41) is 21.8. The standard InChI is InChI=1S/C13H21NO5/c1-11(2,3)19-10(18)14-13(9(16)17)7-8(15)12(13)5-4-6-12/h8,15H,4-7H2,1-3H3,(H,14,18)(H,16,17)/t8-,13-/m0/s1. The summed E-state index contributed by atoms with van der Waals surface area (Å²) >= 11 is 0. The lowest BCUT2D eigenvalue weighted by Crippen LogP contribution is -2.79. The van der Waals surface area contributed by atoms with Crippen molar-refractivity contribution in [3.05, 3.63) is 0 Å². The molecule has 3 N–H and O–H groups in total. The Balaban J connectivity index is 2.15. The molecule has 1 spiro atoms. The third-order valence-corrected chi connectivity index (χ3v) is 4.31. The Morgan fingerprint density at radius 2 is 1.89 bits per heavy atom. The first kappa shape index (κ1) is 14.1. The number of hydrogen-bond acceptors (Lipinski definition) is 4. The van der Waals surface area contributed by atoms with Gasteiger partial charge in [0, 0.05) is 11.8 Å². The van der Waals surface area contributed by atoms with Crippen molar-refractivity contribution in [1.29, 1.82) is 0 Å². The Hall–Kier alpha value is -1.30. The second-order valence-electron chi connectivity index (χ2n) is 6.57. The molecule has 108 valence electrons. The fourth-order valence-electron chi connectivity index (χ4n) is 3.17. The van der Waals surface area contributed by atoms with Gasteiger partial charge in [0.05, 0.1) is 6.10 Å². The predicted molar refractivity (Wildman–Crippen MR) is 66.6 cm³/mol. The van der Waals surface area contributed by atoms with E-state index < -0.39 is 34.7 Å². The zero-order valence-corrected chi connectivity index (χ0v) is 11.5. The van der Waals surface area contributed by atoms with Crippen molar-refractivity contribution in [2.24, 2.45) is 5.41 Å². The second-order valence-corrected chi connectivity index (χ2v) is 6.57. The summed E-state index contributed by atoms with van der Waals surface area (Å²) in [7, 11) is 0. The molecule has 0 aliphatic heterocycles. The van der Waals surface area contributed by atoms with Crippen LogP contribution in [-0.2, 0) is 9.53 Å². The molecule has 6 heteroatoms. The molecule has 2 aliphatic rings. The van der Waals surface area contributed by atoms with E-state index in [0.29, 0.717) is 12.8 Å². The maximum atomic E-state index is 11.8. The van der Waals surface area contributed by atoms with E-state index in [1.807, 2.05) is 0 Å². The van der Waals surface area contributed by atoms with Crippen molar-refractivity contribution in [3.8, 4) is 0 Å². The average Bonchev–Trinajstić information content (AvgIpc) is 2.09. The topological polar surface area (TPSA) is 95.9 Å². The summed E-state index contributed by atoms with van der Waals surface area (Å²) in [6.45, 7) is 5.15. The summed E-state index contributed by atoms with van der Waals surface area (Å²) in [5.41, 5.74) is -2.78. The molecule has 0 aromatic rings. The van der Waals surface area contributed by atoms with Gasteiger partial charge in [-0.3, -0.25) is 0 Å². The summed E-state index contributed by atoms with van der Waals surface area (Å²) in [5.74, 6) is -1.09. The van der Waals surface area contributed by atoms with Gasteiger partial charge in [-0.05, 0) is 33.6 Å². The summed E-state index contributed by atoms with van der Waals surface area (Å²) < 4.78 is 5.12. The van der Waals surface area contributed by atoms with Gasteiger partial charge < -0.3 is 20.3 Å². The van der Waals surface area contributed by atoms with Crippen molar-refractivity contribution < 1.29 is 24.5 Å². The fourth-order valence-corrected chi connectivity index (χ4v) is 3.17. The van der Waals surface area contributed by atoms with Crippen LogP contribution in [-0.4, -0.2) is 39.5 Å². The lowest BCUT2D eigenvalue weighted by molar-refractivity contribution is -0.213. The Bertz CT molecular complexity index is 410. The van der Waals surface area contributed by atoms with Gasteiger partial charge in [0.1, 0.15) is 5.60 Å². The van der Waals surface area contributed by atoms with Gasteiger partial charge in [0.2, 0.25) is 0 Å². The van der Waals surface area contributed by atoms with Crippen LogP contribution in [0, 0.1) is 5.41 Å². The Morgan fingerprint density at radius 1 is 1.32 bits per heavy atom. The van der Waals surface area contributed by atoms with Crippen molar-refractivity contribution >= 4 is 12.1 Å². The molecule has 0 heterocycles. The molecule has 0 unspecified atom stereocenters. The van der Waals surface area contributed by atoms with Crippen LogP contribution in [0.2, 0.25) is 0 Å². The quantitative estimate of drug-likeness (QED) is 0.703. The minimum atomic E-state index is -1.38. The van der Waals surface area contributed by atoms with Crippen LogP contribution in [0.1, 0.15) is 46.5 Å². The molecule has 0 bridgehead atoms. The smallest absolute Gasteiger partial charge is 0.408 e. The monoisotopic (exact) mass is 271 g/mol. The molecular formula is C13H21NO5. The maximum absolute atomic E-state index is 11.8. The molecule has 2 fully saturated rings. The van der Waals surface area contributed by atoms with E-state index in [1.165, 1.54) is 0 Å². The van der Waals surface area contributed by atoms with E-state index in [2.05, 4.69) is 5.32 Å². The number of rotatable bonds is 2. The number of carbonyl (C=O) groups excluding carboxylic acids is 1. The Kier molecular flexibility index (Phi) is 3.04. The third-order valence-electron chi connectivity index (χ3n) is 4.31. The first-order valence-electron chi connectivity index (χ1n) is 6.56. The van der Waals surface area contributed by atoms with Crippen LogP contribution in [0.5, 0.6) is 0 Å². The number of nitrogens with one attached hydrogen (secondary N) is 1. The van der Waals surface area contributed by atoms with Crippen LogP contribution in [0.3, 0.4) is 0 Å². The minimum absolute atomic E-state index is 0.0432. The second kappa shape index (κ2) is 4.10.